The third-order valence-corrected chi connectivity index (χ3v) is 2.72. The zero-order chi connectivity index (χ0) is 13.5. The SMILES string of the molecule is CCC(C)N(CCOC)c1nc(N)nc(OC)n1. The number of ether oxygens (including phenoxy) is 2. The van der Waals surface area contributed by atoms with Gasteiger partial charge in [-0.15, -0.1) is 0 Å². The molecule has 0 bridgehead atoms. The first kappa shape index (κ1) is 14.4. The monoisotopic (exact) mass is 255 g/mol. The molecule has 0 radical (unpaired) electrons. The summed E-state index contributed by atoms with van der Waals surface area (Å²) in [6.45, 7) is 5.49. The summed E-state index contributed by atoms with van der Waals surface area (Å²) in [7, 11) is 3.17. The average molecular weight is 255 g/mol. The first-order valence-corrected chi connectivity index (χ1v) is 5.93. The van der Waals surface area contributed by atoms with Gasteiger partial charge in [-0.25, -0.2) is 0 Å². The molecule has 102 valence electrons. The molecule has 0 aromatic carbocycles. The van der Waals surface area contributed by atoms with Gasteiger partial charge in [0.05, 0.1) is 13.7 Å². The highest BCUT2D eigenvalue weighted by molar-refractivity contribution is 5.37. The first-order chi connectivity index (χ1) is 8.62. The molecule has 0 amide bonds. The van der Waals surface area contributed by atoms with Gasteiger partial charge in [-0.1, -0.05) is 6.92 Å². The summed E-state index contributed by atoms with van der Waals surface area (Å²) >= 11 is 0. The molecule has 0 spiro atoms. The molecule has 0 aliphatic carbocycles. The Balaban J connectivity index is 2.99. The predicted molar refractivity (Wildman–Crippen MR) is 69.8 cm³/mol. The predicted octanol–water partition coefficient (Wildman–Crippen LogP) is 0.714. The highest BCUT2D eigenvalue weighted by atomic mass is 16.5. The summed E-state index contributed by atoms with van der Waals surface area (Å²) in [5, 5.41) is 0. The molecule has 1 aromatic heterocycles. The zero-order valence-corrected chi connectivity index (χ0v) is 11.4. The number of anilines is 2. The number of methoxy groups -OCH3 is 2. The van der Waals surface area contributed by atoms with E-state index in [1.54, 1.807) is 7.11 Å². The van der Waals surface area contributed by atoms with E-state index in [1.165, 1.54) is 7.11 Å². The van der Waals surface area contributed by atoms with Crippen LogP contribution >= 0.6 is 0 Å². The summed E-state index contributed by atoms with van der Waals surface area (Å²) in [6, 6.07) is 0.509. The minimum Gasteiger partial charge on any atom is -0.467 e. The fourth-order valence-corrected chi connectivity index (χ4v) is 1.51. The Morgan fingerprint density at radius 1 is 1.28 bits per heavy atom. The maximum Gasteiger partial charge on any atom is 0.322 e. The molecule has 0 aliphatic rings. The normalized spacial score (nSPS) is 12.2. The van der Waals surface area contributed by atoms with E-state index in [0.717, 1.165) is 6.42 Å². The summed E-state index contributed by atoms with van der Waals surface area (Å²) in [5.41, 5.74) is 5.64. The van der Waals surface area contributed by atoms with Crippen molar-refractivity contribution in [3.63, 3.8) is 0 Å². The van der Waals surface area contributed by atoms with Crippen LogP contribution in [-0.2, 0) is 4.74 Å². The van der Waals surface area contributed by atoms with Gasteiger partial charge in [-0.3, -0.25) is 0 Å². The van der Waals surface area contributed by atoms with Crippen LogP contribution < -0.4 is 15.4 Å². The van der Waals surface area contributed by atoms with Crippen molar-refractivity contribution in [2.75, 3.05) is 38.0 Å². The van der Waals surface area contributed by atoms with Crippen molar-refractivity contribution in [2.45, 2.75) is 26.3 Å². The number of aromatic nitrogens is 3. The highest BCUT2D eigenvalue weighted by Crippen LogP contribution is 2.16. The molecule has 0 aliphatic heterocycles. The standard InChI is InChI=1S/C11H21N5O2/c1-5-8(2)16(6-7-17-3)10-13-9(12)14-11(15-10)18-4/h8H,5-7H2,1-4H3,(H2,12,13,14,15). The number of hydrogen-bond donors (Lipinski definition) is 1. The van der Waals surface area contributed by atoms with E-state index in [0.29, 0.717) is 19.1 Å². The van der Waals surface area contributed by atoms with Gasteiger partial charge in [0.15, 0.2) is 0 Å². The van der Waals surface area contributed by atoms with Gasteiger partial charge in [-0.2, -0.15) is 15.0 Å². The number of nitrogens with zero attached hydrogens (tertiary/aromatic N) is 4. The fraction of sp³-hybridized carbons (Fsp3) is 0.727. The summed E-state index contributed by atoms with van der Waals surface area (Å²) in [6.07, 6.45) is 0.970. The van der Waals surface area contributed by atoms with Gasteiger partial charge in [-0.05, 0) is 13.3 Å². The Kier molecular flexibility index (Phi) is 5.57. The van der Waals surface area contributed by atoms with E-state index in [9.17, 15) is 0 Å². The van der Waals surface area contributed by atoms with Gasteiger partial charge >= 0.3 is 6.01 Å². The third kappa shape index (κ3) is 3.69. The molecule has 1 heterocycles. The minimum absolute atomic E-state index is 0.155. The second-order valence-corrected chi connectivity index (χ2v) is 3.92. The number of nitrogen functional groups attached to an aromatic ring is 1. The van der Waals surface area contributed by atoms with Crippen molar-refractivity contribution in [3.05, 3.63) is 0 Å². The Hall–Kier alpha value is -1.63. The lowest BCUT2D eigenvalue weighted by atomic mass is 10.2. The number of nitrogens with two attached hydrogens (primary N) is 1. The van der Waals surface area contributed by atoms with Crippen LogP contribution in [0.2, 0.25) is 0 Å². The van der Waals surface area contributed by atoms with E-state index in [1.807, 2.05) is 4.90 Å². The van der Waals surface area contributed by atoms with Crippen LogP contribution in [0.4, 0.5) is 11.9 Å². The van der Waals surface area contributed by atoms with Gasteiger partial charge < -0.3 is 20.1 Å². The summed E-state index contributed by atoms with van der Waals surface area (Å²) in [5.74, 6) is 0.674. The molecule has 1 aromatic rings. The largest absolute Gasteiger partial charge is 0.467 e. The van der Waals surface area contributed by atoms with E-state index in [2.05, 4.69) is 28.8 Å². The number of rotatable bonds is 7. The summed E-state index contributed by atoms with van der Waals surface area (Å²) < 4.78 is 10.1. The highest BCUT2D eigenvalue weighted by Gasteiger charge is 2.17. The molecule has 1 rings (SSSR count). The van der Waals surface area contributed by atoms with Gasteiger partial charge in [0.25, 0.3) is 0 Å². The van der Waals surface area contributed by atoms with E-state index < -0.39 is 0 Å². The van der Waals surface area contributed by atoms with Crippen LogP contribution in [0.3, 0.4) is 0 Å². The Labute approximate surface area is 107 Å². The number of hydrogen-bond acceptors (Lipinski definition) is 7. The zero-order valence-electron chi connectivity index (χ0n) is 11.4. The molecule has 7 nitrogen and oxygen atoms in total. The topological polar surface area (TPSA) is 86.4 Å². The fourth-order valence-electron chi connectivity index (χ4n) is 1.51. The van der Waals surface area contributed by atoms with E-state index >= 15 is 0 Å². The van der Waals surface area contributed by atoms with Crippen molar-refractivity contribution in [1.29, 1.82) is 0 Å². The third-order valence-electron chi connectivity index (χ3n) is 2.72. The van der Waals surface area contributed by atoms with E-state index in [4.69, 9.17) is 15.2 Å². The molecular weight excluding hydrogens is 234 g/mol. The Bertz CT molecular complexity index is 374. The van der Waals surface area contributed by atoms with Crippen molar-refractivity contribution in [2.24, 2.45) is 0 Å². The van der Waals surface area contributed by atoms with Crippen molar-refractivity contribution in [1.82, 2.24) is 15.0 Å². The van der Waals surface area contributed by atoms with Crippen molar-refractivity contribution < 1.29 is 9.47 Å². The molecule has 2 N–H and O–H groups in total. The molecular formula is C11H21N5O2. The van der Waals surface area contributed by atoms with Crippen LogP contribution in [0.5, 0.6) is 6.01 Å². The van der Waals surface area contributed by atoms with Crippen molar-refractivity contribution >= 4 is 11.9 Å². The van der Waals surface area contributed by atoms with Crippen LogP contribution in [0.1, 0.15) is 20.3 Å². The smallest absolute Gasteiger partial charge is 0.322 e. The van der Waals surface area contributed by atoms with Crippen LogP contribution in [0.15, 0.2) is 0 Å². The Morgan fingerprint density at radius 2 is 2.00 bits per heavy atom. The van der Waals surface area contributed by atoms with Crippen LogP contribution in [-0.4, -0.2) is 48.4 Å². The first-order valence-electron chi connectivity index (χ1n) is 5.93. The molecule has 0 saturated heterocycles. The molecule has 1 atom stereocenters. The quantitative estimate of drug-likeness (QED) is 0.768. The average Bonchev–Trinajstić information content (AvgIpc) is 2.38. The van der Waals surface area contributed by atoms with Gasteiger partial charge in [0, 0.05) is 19.7 Å². The molecule has 7 heteroatoms. The lowest BCUT2D eigenvalue weighted by molar-refractivity contribution is 0.202. The molecule has 1 unspecified atom stereocenters. The Morgan fingerprint density at radius 3 is 2.56 bits per heavy atom. The second kappa shape index (κ2) is 6.95. The summed E-state index contributed by atoms with van der Waals surface area (Å²) in [4.78, 5) is 14.3. The van der Waals surface area contributed by atoms with Crippen LogP contribution in [0.25, 0.3) is 0 Å². The van der Waals surface area contributed by atoms with Gasteiger partial charge in [0.1, 0.15) is 0 Å². The maximum atomic E-state index is 5.64. The lowest BCUT2D eigenvalue weighted by Gasteiger charge is -2.28. The van der Waals surface area contributed by atoms with Crippen LogP contribution in [0, 0.1) is 0 Å². The minimum atomic E-state index is 0.155. The lowest BCUT2D eigenvalue weighted by Crippen LogP contribution is -2.37. The maximum absolute atomic E-state index is 5.64. The molecule has 18 heavy (non-hydrogen) atoms. The molecule has 0 saturated carbocycles. The van der Waals surface area contributed by atoms with Gasteiger partial charge in [0.2, 0.25) is 11.9 Å². The second-order valence-electron chi connectivity index (χ2n) is 3.92. The molecule has 0 fully saturated rings. The van der Waals surface area contributed by atoms with Crippen molar-refractivity contribution in [3.8, 4) is 6.01 Å². The van der Waals surface area contributed by atoms with E-state index in [-0.39, 0.29) is 18.0 Å².